The first-order valence-electron chi connectivity index (χ1n) is 6.48. The number of aromatic nitrogens is 1. The molecular formula is C14H24N2O2. The maximum absolute atomic E-state index is 5.37. The van der Waals surface area contributed by atoms with E-state index in [1.165, 1.54) is 0 Å². The monoisotopic (exact) mass is 252 g/mol. The summed E-state index contributed by atoms with van der Waals surface area (Å²) in [5, 5.41) is 3.46. The molecule has 102 valence electrons. The standard InChI is InChI=1S/C14H24N2O2/c1-5-15-12(9-8-11(2)17-3)14-13(18-4)7-6-10-16-14/h6-7,10-12,15H,5,8-9H2,1-4H3. The van der Waals surface area contributed by atoms with Crippen molar-refractivity contribution >= 4 is 0 Å². The number of methoxy groups -OCH3 is 2. The zero-order valence-corrected chi connectivity index (χ0v) is 11.8. The van der Waals surface area contributed by atoms with Crippen LogP contribution in [0.3, 0.4) is 0 Å². The summed E-state index contributed by atoms with van der Waals surface area (Å²) in [6.45, 7) is 5.09. The number of nitrogens with one attached hydrogen (secondary N) is 1. The van der Waals surface area contributed by atoms with Crippen molar-refractivity contribution in [1.29, 1.82) is 0 Å². The van der Waals surface area contributed by atoms with E-state index in [-0.39, 0.29) is 12.1 Å². The minimum Gasteiger partial charge on any atom is -0.495 e. The van der Waals surface area contributed by atoms with E-state index in [1.54, 1.807) is 14.2 Å². The Balaban J connectivity index is 2.76. The number of ether oxygens (including phenoxy) is 2. The average Bonchev–Trinajstić information content (AvgIpc) is 2.43. The number of rotatable bonds is 8. The van der Waals surface area contributed by atoms with Crippen LogP contribution in [0.15, 0.2) is 18.3 Å². The second kappa shape index (κ2) is 8.06. The Hall–Kier alpha value is -1.13. The SMILES string of the molecule is CCNC(CCC(C)OC)c1ncccc1OC. The summed E-state index contributed by atoms with van der Waals surface area (Å²) in [6, 6.07) is 4.05. The van der Waals surface area contributed by atoms with Crippen LogP contribution in [-0.4, -0.2) is 31.9 Å². The lowest BCUT2D eigenvalue weighted by Gasteiger charge is -2.20. The van der Waals surface area contributed by atoms with E-state index in [0.717, 1.165) is 30.8 Å². The molecule has 4 heteroatoms. The van der Waals surface area contributed by atoms with Gasteiger partial charge in [-0.2, -0.15) is 0 Å². The van der Waals surface area contributed by atoms with Gasteiger partial charge in [0.15, 0.2) is 0 Å². The van der Waals surface area contributed by atoms with Crippen LogP contribution in [0.1, 0.15) is 38.4 Å². The van der Waals surface area contributed by atoms with E-state index >= 15 is 0 Å². The van der Waals surface area contributed by atoms with Gasteiger partial charge >= 0.3 is 0 Å². The van der Waals surface area contributed by atoms with Crippen molar-refractivity contribution in [2.75, 3.05) is 20.8 Å². The predicted molar refractivity (Wildman–Crippen MR) is 72.9 cm³/mol. The Bertz CT molecular complexity index is 344. The van der Waals surface area contributed by atoms with E-state index in [0.29, 0.717) is 0 Å². The van der Waals surface area contributed by atoms with Crippen molar-refractivity contribution in [1.82, 2.24) is 10.3 Å². The fourth-order valence-electron chi connectivity index (χ4n) is 1.94. The molecule has 0 spiro atoms. The van der Waals surface area contributed by atoms with Crippen molar-refractivity contribution in [2.45, 2.75) is 38.8 Å². The molecule has 2 atom stereocenters. The largest absolute Gasteiger partial charge is 0.495 e. The van der Waals surface area contributed by atoms with Crippen LogP contribution in [0.2, 0.25) is 0 Å². The average molecular weight is 252 g/mol. The van der Waals surface area contributed by atoms with Gasteiger partial charge in [-0.1, -0.05) is 6.92 Å². The van der Waals surface area contributed by atoms with E-state index in [9.17, 15) is 0 Å². The van der Waals surface area contributed by atoms with Crippen LogP contribution < -0.4 is 10.1 Å². The molecule has 0 radical (unpaired) electrons. The molecule has 0 aliphatic heterocycles. The Morgan fingerprint density at radius 1 is 1.33 bits per heavy atom. The van der Waals surface area contributed by atoms with Gasteiger partial charge < -0.3 is 14.8 Å². The van der Waals surface area contributed by atoms with Gasteiger partial charge in [-0.05, 0) is 38.4 Å². The Morgan fingerprint density at radius 2 is 2.11 bits per heavy atom. The number of hydrogen-bond acceptors (Lipinski definition) is 4. The van der Waals surface area contributed by atoms with Crippen molar-refractivity contribution in [2.24, 2.45) is 0 Å². The molecule has 4 nitrogen and oxygen atoms in total. The van der Waals surface area contributed by atoms with Gasteiger partial charge in [0.05, 0.1) is 24.9 Å². The zero-order chi connectivity index (χ0) is 13.4. The molecule has 1 aromatic rings. The summed E-state index contributed by atoms with van der Waals surface area (Å²) >= 11 is 0. The number of nitrogens with zero attached hydrogens (tertiary/aromatic N) is 1. The first-order valence-corrected chi connectivity index (χ1v) is 6.48. The van der Waals surface area contributed by atoms with Crippen molar-refractivity contribution in [3.63, 3.8) is 0 Å². The quantitative estimate of drug-likeness (QED) is 0.772. The van der Waals surface area contributed by atoms with E-state index in [1.807, 2.05) is 18.3 Å². The summed E-state index contributed by atoms with van der Waals surface area (Å²) in [5.74, 6) is 0.841. The Labute approximate surface area is 110 Å². The third-order valence-corrected chi connectivity index (χ3v) is 3.06. The van der Waals surface area contributed by atoms with Crippen LogP contribution in [0.4, 0.5) is 0 Å². The van der Waals surface area contributed by atoms with Crippen molar-refractivity contribution in [3.8, 4) is 5.75 Å². The zero-order valence-electron chi connectivity index (χ0n) is 11.8. The van der Waals surface area contributed by atoms with Crippen molar-refractivity contribution in [3.05, 3.63) is 24.0 Å². The van der Waals surface area contributed by atoms with Crippen molar-refractivity contribution < 1.29 is 9.47 Å². The highest BCUT2D eigenvalue weighted by atomic mass is 16.5. The van der Waals surface area contributed by atoms with Crippen LogP contribution in [-0.2, 0) is 4.74 Å². The molecule has 1 aromatic heterocycles. The molecular weight excluding hydrogens is 228 g/mol. The van der Waals surface area contributed by atoms with Gasteiger partial charge in [0.2, 0.25) is 0 Å². The third-order valence-electron chi connectivity index (χ3n) is 3.06. The lowest BCUT2D eigenvalue weighted by molar-refractivity contribution is 0.106. The predicted octanol–water partition coefficient (Wildman–Crippen LogP) is 2.56. The molecule has 0 aliphatic rings. The Kier molecular flexibility index (Phi) is 6.68. The molecule has 0 aromatic carbocycles. The summed E-state index contributed by atoms with van der Waals surface area (Å²) in [5.41, 5.74) is 0.977. The summed E-state index contributed by atoms with van der Waals surface area (Å²) in [7, 11) is 3.43. The Morgan fingerprint density at radius 3 is 2.72 bits per heavy atom. The van der Waals surface area contributed by atoms with Crippen LogP contribution in [0.25, 0.3) is 0 Å². The molecule has 0 amide bonds. The first-order chi connectivity index (χ1) is 8.72. The van der Waals surface area contributed by atoms with Gasteiger partial charge in [-0.15, -0.1) is 0 Å². The second-order valence-corrected chi connectivity index (χ2v) is 4.32. The molecule has 1 N–H and O–H groups in total. The third kappa shape index (κ3) is 4.27. The molecule has 0 aliphatic carbocycles. The molecule has 0 bridgehead atoms. The number of pyridine rings is 1. The summed E-state index contributed by atoms with van der Waals surface area (Å²) in [4.78, 5) is 4.44. The van der Waals surface area contributed by atoms with E-state index in [4.69, 9.17) is 9.47 Å². The maximum atomic E-state index is 5.37. The molecule has 18 heavy (non-hydrogen) atoms. The molecule has 1 heterocycles. The normalized spacial score (nSPS) is 14.2. The highest BCUT2D eigenvalue weighted by Crippen LogP contribution is 2.26. The van der Waals surface area contributed by atoms with Gasteiger partial charge in [-0.3, -0.25) is 4.98 Å². The van der Waals surface area contributed by atoms with Gasteiger partial charge in [0, 0.05) is 13.3 Å². The highest BCUT2D eigenvalue weighted by Gasteiger charge is 2.17. The van der Waals surface area contributed by atoms with Gasteiger partial charge in [0.1, 0.15) is 5.75 Å². The molecule has 0 saturated carbocycles. The smallest absolute Gasteiger partial charge is 0.141 e. The molecule has 1 rings (SSSR count). The minimum atomic E-state index is 0.212. The van der Waals surface area contributed by atoms with Crippen LogP contribution in [0, 0.1) is 0 Å². The van der Waals surface area contributed by atoms with Crippen LogP contribution in [0.5, 0.6) is 5.75 Å². The fourth-order valence-corrected chi connectivity index (χ4v) is 1.94. The molecule has 2 unspecified atom stereocenters. The molecule has 0 fully saturated rings. The van der Waals surface area contributed by atoms with E-state index < -0.39 is 0 Å². The van der Waals surface area contributed by atoms with Gasteiger partial charge in [-0.25, -0.2) is 0 Å². The summed E-state index contributed by atoms with van der Waals surface area (Å²) < 4.78 is 10.7. The first kappa shape index (κ1) is 14.9. The fraction of sp³-hybridized carbons (Fsp3) is 0.643. The lowest BCUT2D eigenvalue weighted by Crippen LogP contribution is -2.23. The topological polar surface area (TPSA) is 43.4 Å². The van der Waals surface area contributed by atoms with Crippen LogP contribution >= 0.6 is 0 Å². The minimum absolute atomic E-state index is 0.212. The molecule has 0 saturated heterocycles. The highest BCUT2D eigenvalue weighted by molar-refractivity contribution is 5.29. The van der Waals surface area contributed by atoms with Gasteiger partial charge in [0.25, 0.3) is 0 Å². The maximum Gasteiger partial charge on any atom is 0.141 e. The van der Waals surface area contributed by atoms with E-state index in [2.05, 4.69) is 24.1 Å². The lowest BCUT2D eigenvalue weighted by atomic mass is 10.0. The summed E-state index contributed by atoms with van der Waals surface area (Å²) in [6.07, 6.45) is 4.05. The number of hydrogen-bond donors (Lipinski definition) is 1. The second-order valence-electron chi connectivity index (χ2n) is 4.32.